The van der Waals surface area contributed by atoms with Gasteiger partial charge in [0.15, 0.2) is 11.5 Å². The van der Waals surface area contributed by atoms with Gasteiger partial charge >= 0.3 is 0 Å². The van der Waals surface area contributed by atoms with E-state index in [-0.39, 0.29) is 0 Å². The van der Waals surface area contributed by atoms with Gasteiger partial charge in [0.2, 0.25) is 0 Å². The van der Waals surface area contributed by atoms with E-state index < -0.39 is 0 Å². The maximum absolute atomic E-state index is 6.26. The van der Waals surface area contributed by atoms with Gasteiger partial charge < -0.3 is 14.8 Å². The monoisotopic (exact) mass is 561 g/mol. The smallest absolute Gasteiger partial charge is 0.174 e. The number of rotatable bonds is 8. The normalized spacial score (nSPS) is 10.7. The van der Waals surface area contributed by atoms with Crippen LogP contribution in [0.25, 0.3) is 0 Å². The fraction of sp³-hybridized carbons (Fsp3) is 0.182. The van der Waals surface area contributed by atoms with Crippen LogP contribution < -0.4 is 14.8 Å². The third kappa shape index (κ3) is 6.32. The number of nitrogens with one attached hydrogen (secondary N) is 1. The van der Waals surface area contributed by atoms with Gasteiger partial charge in [-0.1, -0.05) is 46.9 Å². The minimum absolute atomic E-state index is 0.326. The Kier molecular flexibility index (Phi) is 8.18. The molecule has 0 unspecified atom stereocenters. The van der Waals surface area contributed by atoms with Crippen molar-refractivity contribution in [2.24, 2.45) is 0 Å². The van der Waals surface area contributed by atoms with Gasteiger partial charge in [-0.15, -0.1) is 0 Å². The molecule has 0 aromatic heterocycles. The summed E-state index contributed by atoms with van der Waals surface area (Å²) in [7, 11) is 0. The number of hydrogen-bond acceptors (Lipinski definition) is 3. The molecule has 0 fully saturated rings. The Morgan fingerprint density at radius 1 is 0.931 bits per heavy atom. The largest absolute Gasteiger partial charge is 0.490 e. The van der Waals surface area contributed by atoms with Crippen LogP contribution in [0.2, 0.25) is 15.1 Å². The number of halogens is 4. The molecule has 152 valence electrons. The predicted molar refractivity (Wildman–Crippen MR) is 130 cm³/mol. The molecule has 1 N–H and O–H groups in total. The molecular formula is C22H19Cl3INO2. The molecule has 0 aliphatic rings. The van der Waals surface area contributed by atoms with Crippen molar-refractivity contribution in [1.29, 1.82) is 0 Å². The summed E-state index contributed by atoms with van der Waals surface area (Å²) in [5, 5.41) is 5.25. The fourth-order valence-corrected chi connectivity index (χ4v) is 4.19. The Morgan fingerprint density at radius 3 is 2.45 bits per heavy atom. The summed E-state index contributed by atoms with van der Waals surface area (Å²) in [6, 6.07) is 17.1. The van der Waals surface area contributed by atoms with Crippen molar-refractivity contribution in [3.05, 3.63) is 84.4 Å². The number of benzene rings is 3. The van der Waals surface area contributed by atoms with Crippen molar-refractivity contribution in [2.45, 2.75) is 20.1 Å². The Morgan fingerprint density at radius 2 is 1.72 bits per heavy atom. The Bertz CT molecular complexity index is 998. The van der Waals surface area contributed by atoms with Crippen LogP contribution >= 0.6 is 57.4 Å². The summed E-state index contributed by atoms with van der Waals surface area (Å²) in [5.41, 5.74) is 2.90. The van der Waals surface area contributed by atoms with Crippen molar-refractivity contribution in [2.75, 3.05) is 11.9 Å². The Labute approximate surface area is 199 Å². The van der Waals surface area contributed by atoms with Crippen LogP contribution in [-0.2, 0) is 13.2 Å². The average molecular weight is 563 g/mol. The van der Waals surface area contributed by atoms with E-state index in [4.69, 9.17) is 44.3 Å². The fourth-order valence-electron chi connectivity index (χ4n) is 2.72. The lowest BCUT2D eigenvalue weighted by Gasteiger charge is -2.16. The first kappa shape index (κ1) is 22.3. The van der Waals surface area contributed by atoms with Gasteiger partial charge in [0.05, 0.1) is 10.2 Å². The van der Waals surface area contributed by atoms with Gasteiger partial charge in [-0.25, -0.2) is 0 Å². The molecule has 3 aromatic rings. The zero-order valence-corrected chi connectivity index (χ0v) is 20.1. The number of ether oxygens (including phenoxy) is 2. The summed E-state index contributed by atoms with van der Waals surface area (Å²) in [6.07, 6.45) is 0. The molecule has 7 heteroatoms. The summed E-state index contributed by atoms with van der Waals surface area (Å²) in [6.45, 7) is 3.45. The SMILES string of the molecule is CCOc1cc(CNc2cccc(Cl)c2)cc(I)c1OCc1ccc(Cl)cc1Cl. The lowest BCUT2D eigenvalue weighted by molar-refractivity contribution is 0.267. The topological polar surface area (TPSA) is 30.5 Å². The van der Waals surface area contributed by atoms with E-state index in [1.54, 1.807) is 12.1 Å². The molecule has 3 rings (SSSR count). The summed E-state index contributed by atoms with van der Waals surface area (Å²) >= 11 is 20.5. The van der Waals surface area contributed by atoms with Crippen molar-refractivity contribution in [1.82, 2.24) is 0 Å². The molecule has 0 amide bonds. The molecule has 3 aromatic carbocycles. The minimum Gasteiger partial charge on any atom is -0.490 e. The Balaban J connectivity index is 1.76. The second kappa shape index (κ2) is 10.6. The highest BCUT2D eigenvalue weighted by Gasteiger charge is 2.14. The zero-order chi connectivity index (χ0) is 20.8. The standard InChI is InChI=1S/C22H19Cl3INO2/c1-2-28-21-9-14(12-27-18-5-3-4-16(23)10-18)8-20(26)22(21)29-13-15-6-7-17(24)11-19(15)25/h3-11,27H,2,12-13H2,1H3. The lowest BCUT2D eigenvalue weighted by atomic mass is 10.2. The first-order valence-electron chi connectivity index (χ1n) is 8.97. The van der Waals surface area contributed by atoms with Crippen molar-refractivity contribution >= 4 is 63.1 Å². The molecule has 0 bridgehead atoms. The quantitative estimate of drug-likeness (QED) is 0.284. The van der Waals surface area contributed by atoms with Crippen molar-refractivity contribution in [3.8, 4) is 11.5 Å². The van der Waals surface area contributed by atoms with Crippen LogP contribution in [0.4, 0.5) is 5.69 Å². The van der Waals surface area contributed by atoms with E-state index in [1.165, 1.54) is 0 Å². The Hall–Kier alpha value is -1.34. The zero-order valence-electron chi connectivity index (χ0n) is 15.6. The van der Waals surface area contributed by atoms with Crippen LogP contribution in [0.1, 0.15) is 18.1 Å². The molecular weight excluding hydrogens is 544 g/mol. The van der Waals surface area contributed by atoms with Gasteiger partial charge in [-0.2, -0.15) is 0 Å². The van der Waals surface area contributed by atoms with Gasteiger partial charge in [0, 0.05) is 32.9 Å². The maximum atomic E-state index is 6.26. The summed E-state index contributed by atoms with van der Waals surface area (Å²) in [4.78, 5) is 0. The number of hydrogen-bond donors (Lipinski definition) is 1. The lowest BCUT2D eigenvalue weighted by Crippen LogP contribution is -2.05. The molecule has 0 atom stereocenters. The molecule has 0 aliphatic carbocycles. The minimum atomic E-state index is 0.326. The molecule has 0 saturated carbocycles. The molecule has 29 heavy (non-hydrogen) atoms. The van der Waals surface area contributed by atoms with Gasteiger partial charge in [-0.3, -0.25) is 0 Å². The van der Waals surface area contributed by atoms with Crippen molar-refractivity contribution < 1.29 is 9.47 Å². The van der Waals surface area contributed by atoms with E-state index in [0.29, 0.717) is 46.3 Å². The van der Waals surface area contributed by atoms with E-state index in [0.717, 1.165) is 20.4 Å². The first-order valence-corrected chi connectivity index (χ1v) is 11.2. The van der Waals surface area contributed by atoms with Crippen LogP contribution in [0.5, 0.6) is 11.5 Å². The third-order valence-corrected chi connectivity index (χ3v) is 5.70. The van der Waals surface area contributed by atoms with Crippen LogP contribution in [-0.4, -0.2) is 6.61 Å². The highest BCUT2D eigenvalue weighted by atomic mass is 127. The van der Waals surface area contributed by atoms with E-state index in [1.807, 2.05) is 43.3 Å². The van der Waals surface area contributed by atoms with Crippen LogP contribution in [0, 0.1) is 3.57 Å². The van der Waals surface area contributed by atoms with E-state index in [2.05, 4.69) is 34.0 Å². The molecule has 3 nitrogen and oxygen atoms in total. The van der Waals surface area contributed by atoms with Gasteiger partial charge in [0.1, 0.15) is 6.61 Å². The van der Waals surface area contributed by atoms with Crippen LogP contribution in [0.15, 0.2) is 54.6 Å². The highest BCUT2D eigenvalue weighted by molar-refractivity contribution is 14.1. The molecule has 0 spiro atoms. The van der Waals surface area contributed by atoms with Crippen LogP contribution in [0.3, 0.4) is 0 Å². The predicted octanol–water partition coefficient (Wildman–Crippen LogP) is 7.84. The second-order valence-corrected chi connectivity index (χ2v) is 8.67. The average Bonchev–Trinajstić information content (AvgIpc) is 2.67. The summed E-state index contributed by atoms with van der Waals surface area (Å²) in [5.74, 6) is 1.40. The first-order chi connectivity index (χ1) is 14.0. The third-order valence-electron chi connectivity index (χ3n) is 4.08. The summed E-state index contributed by atoms with van der Waals surface area (Å²) < 4.78 is 12.9. The maximum Gasteiger partial charge on any atom is 0.174 e. The van der Waals surface area contributed by atoms with Gasteiger partial charge in [0.25, 0.3) is 0 Å². The van der Waals surface area contributed by atoms with E-state index >= 15 is 0 Å². The number of anilines is 1. The van der Waals surface area contributed by atoms with Crippen molar-refractivity contribution in [3.63, 3.8) is 0 Å². The molecule has 0 heterocycles. The highest BCUT2D eigenvalue weighted by Crippen LogP contribution is 2.36. The molecule has 0 aliphatic heterocycles. The molecule has 0 radical (unpaired) electrons. The van der Waals surface area contributed by atoms with E-state index in [9.17, 15) is 0 Å². The molecule has 0 saturated heterocycles. The van der Waals surface area contributed by atoms with Gasteiger partial charge in [-0.05, 0) is 77.5 Å². The second-order valence-electron chi connectivity index (χ2n) is 6.23.